The van der Waals surface area contributed by atoms with Crippen molar-refractivity contribution < 1.29 is 4.79 Å². The Kier molecular flexibility index (Phi) is 2.97. The number of pyridine rings is 1. The highest BCUT2D eigenvalue weighted by molar-refractivity contribution is 6.30. The van der Waals surface area contributed by atoms with E-state index < -0.39 is 0 Å². The largest absolute Gasteiger partial charge is 0.355 e. The third kappa shape index (κ3) is 2.46. The van der Waals surface area contributed by atoms with Crippen molar-refractivity contribution in [2.24, 2.45) is 0 Å². The predicted octanol–water partition coefficient (Wildman–Crippen LogP) is 3.11. The molecule has 0 spiro atoms. The summed E-state index contributed by atoms with van der Waals surface area (Å²) in [5, 5.41) is 9.33. The molecule has 2 amide bonds. The number of fused-ring (bicyclic) bond motifs is 1. The molecule has 0 radical (unpaired) electrons. The highest BCUT2D eigenvalue weighted by Crippen LogP contribution is 2.28. The van der Waals surface area contributed by atoms with Crippen LogP contribution >= 0.6 is 11.6 Å². The van der Waals surface area contributed by atoms with Gasteiger partial charge in [0.05, 0.1) is 6.54 Å². The molecule has 6 heteroatoms. The maximum Gasteiger partial charge on any atom is 0.320 e. The van der Waals surface area contributed by atoms with E-state index in [0.717, 1.165) is 16.9 Å². The number of hydrogen-bond acceptors (Lipinski definition) is 3. The van der Waals surface area contributed by atoms with Crippen LogP contribution in [0.15, 0.2) is 36.5 Å². The number of benzene rings is 1. The zero-order valence-corrected chi connectivity index (χ0v) is 10.7. The first-order valence-electron chi connectivity index (χ1n) is 5.78. The van der Waals surface area contributed by atoms with Gasteiger partial charge in [-0.25, -0.2) is 9.78 Å². The molecule has 0 saturated heterocycles. The number of urea groups is 1. The van der Waals surface area contributed by atoms with Gasteiger partial charge < -0.3 is 10.6 Å². The molecule has 3 N–H and O–H groups in total. The van der Waals surface area contributed by atoms with Gasteiger partial charge in [0.2, 0.25) is 0 Å². The van der Waals surface area contributed by atoms with Crippen molar-refractivity contribution in [3.05, 3.63) is 47.1 Å². The molecule has 0 unspecified atom stereocenters. The minimum atomic E-state index is -0.236. The summed E-state index contributed by atoms with van der Waals surface area (Å²) in [5.74, 6) is 0.579. The van der Waals surface area contributed by atoms with E-state index in [4.69, 9.17) is 11.6 Å². The van der Waals surface area contributed by atoms with Crippen molar-refractivity contribution >= 4 is 34.8 Å². The van der Waals surface area contributed by atoms with Crippen molar-refractivity contribution in [3.8, 4) is 0 Å². The highest BCUT2D eigenvalue weighted by Gasteiger charge is 2.17. The minimum Gasteiger partial charge on any atom is -0.355 e. The number of aromatic nitrogens is 1. The van der Waals surface area contributed by atoms with E-state index in [1.165, 1.54) is 0 Å². The van der Waals surface area contributed by atoms with Crippen LogP contribution in [0.3, 0.4) is 0 Å². The van der Waals surface area contributed by atoms with E-state index in [-0.39, 0.29) is 6.03 Å². The van der Waals surface area contributed by atoms with Gasteiger partial charge in [0.1, 0.15) is 5.82 Å². The molecule has 2 aromatic rings. The summed E-state index contributed by atoms with van der Waals surface area (Å²) in [6.07, 6.45) is 1.65. The molecule has 1 aliphatic rings. The summed E-state index contributed by atoms with van der Waals surface area (Å²) in [7, 11) is 0. The standard InChI is InChI=1S/C13H11ClN4O/c14-8-2-1-3-9(6-8)17-11-4-5-15-12-10(11)7-16-13(19)18-12/h1-6H,7H2,(H3,15,16,17,18,19). The van der Waals surface area contributed by atoms with Gasteiger partial charge in [-0.05, 0) is 24.3 Å². The lowest BCUT2D eigenvalue weighted by Crippen LogP contribution is -2.34. The molecular weight excluding hydrogens is 264 g/mol. The van der Waals surface area contributed by atoms with Gasteiger partial charge >= 0.3 is 6.03 Å². The molecule has 0 aliphatic carbocycles. The van der Waals surface area contributed by atoms with E-state index >= 15 is 0 Å². The van der Waals surface area contributed by atoms with Gasteiger partial charge in [-0.2, -0.15) is 0 Å². The number of nitrogens with zero attached hydrogens (tertiary/aromatic N) is 1. The molecule has 96 valence electrons. The number of hydrogen-bond donors (Lipinski definition) is 3. The van der Waals surface area contributed by atoms with Crippen LogP contribution in [0.25, 0.3) is 0 Å². The maximum atomic E-state index is 11.2. The number of amides is 2. The molecule has 0 atom stereocenters. The summed E-state index contributed by atoms with van der Waals surface area (Å²) in [6, 6.07) is 9.07. The summed E-state index contributed by atoms with van der Waals surface area (Å²) in [4.78, 5) is 15.4. The molecular formula is C13H11ClN4O. The zero-order chi connectivity index (χ0) is 13.2. The van der Waals surface area contributed by atoms with Crippen LogP contribution in [0, 0.1) is 0 Å². The predicted molar refractivity (Wildman–Crippen MR) is 74.8 cm³/mol. The molecule has 5 nitrogen and oxygen atoms in total. The number of carbonyl (C=O) groups excluding carboxylic acids is 1. The molecule has 19 heavy (non-hydrogen) atoms. The molecule has 0 bridgehead atoms. The second-order valence-corrected chi connectivity index (χ2v) is 4.57. The van der Waals surface area contributed by atoms with Crippen molar-refractivity contribution in [3.63, 3.8) is 0 Å². The SMILES string of the molecule is O=C1NCc2c(Nc3cccc(Cl)c3)ccnc2N1. The number of halogens is 1. The Bertz CT molecular complexity index is 644. The van der Waals surface area contributed by atoms with Crippen molar-refractivity contribution in [2.45, 2.75) is 6.54 Å². The number of anilines is 3. The normalized spacial score (nSPS) is 13.2. The van der Waals surface area contributed by atoms with Crippen molar-refractivity contribution in [1.29, 1.82) is 0 Å². The zero-order valence-electron chi connectivity index (χ0n) is 9.90. The summed E-state index contributed by atoms with van der Waals surface area (Å²) >= 11 is 5.95. The molecule has 0 fully saturated rings. The van der Waals surface area contributed by atoms with Crippen LogP contribution in [-0.4, -0.2) is 11.0 Å². The fraction of sp³-hybridized carbons (Fsp3) is 0.0769. The first-order chi connectivity index (χ1) is 9.22. The Balaban J connectivity index is 1.94. The third-order valence-electron chi connectivity index (χ3n) is 2.82. The maximum absolute atomic E-state index is 11.2. The second-order valence-electron chi connectivity index (χ2n) is 4.13. The van der Waals surface area contributed by atoms with Gasteiger partial charge in [0.15, 0.2) is 0 Å². The Morgan fingerprint density at radius 3 is 3.05 bits per heavy atom. The van der Waals surface area contributed by atoms with Crippen LogP contribution in [-0.2, 0) is 6.54 Å². The fourth-order valence-corrected chi connectivity index (χ4v) is 2.13. The summed E-state index contributed by atoms with van der Waals surface area (Å²) < 4.78 is 0. The topological polar surface area (TPSA) is 66.0 Å². The quantitative estimate of drug-likeness (QED) is 0.788. The van der Waals surface area contributed by atoms with E-state index in [1.807, 2.05) is 30.3 Å². The highest BCUT2D eigenvalue weighted by atomic mass is 35.5. The van der Waals surface area contributed by atoms with Gasteiger partial charge in [0.25, 0.3) is 0 Å². The lowest BCUT2D eigenvalue weighted by molar-refractivity contribution is 0.250. The molecule has 3 rings (SSSR count). The molecule has 1 aromatic carbocycles. The Morgan fingerprint density at radius 2 is 2.21 bits per heavy atom. The molecule has 2 heterocycles. The van der Waals surface area contributed by atoms with Crippen LogP contribution in [0.1, 0.15) is 5.56 Å². The summed E-state index contributed by atoms with van der Waals surface area (Å²) in [6.45, 7) is 0.442. The first kappa shape index (κ1) is 11.8. The van der Waals surface area contributed by atoms with Crippen LogP contribution in [0.5, 0.6) is 0 Å². The minimum absolute atomic E-state index is 0.236. The Morgan fingerprint density at radius 1 is 1.32 bits per heavy atom. The lowest BCUT2D eigenvalue weighted by atomic mass is 10.1. The van der Waals surface area contributed by atoms with Gasteiger partial charge in [-0.3, -0.25) is 5.32 Å². The fourth-order valence-electron chi connectivity index (χ4n) is 1.94. The van der Waals surface area contributed by atoms with E-state index in [1.54, 1.807) is 6.20 Å². The van der Waals surface area contributed by atoms with Crippen LogP contribution in [0.4, 0.5) is 22.0 Å². The Labute approximate surface area is 115 Å². The lowest BCUT2D eigenvalue weighted by Gasteiger charge is -2.20. The smallest absolute Gasteiger partial charge is 0.320 e. The second kappa shape index (κ2) is 4.78. The van der Waals surface area contributed by atoms with Crippen LogP contribution < -0.4 is 16.0 Å². The Hall–Kier alpha value is -2.27. The average molecular weight is 275 g/mol. The van der Waals surface area contributed by atoms with E-state index in [0.29, 0.717) is 17.4 Å². The van der Waals surface area contributed by atoms with Gasteiger partial charge in [0, 0.05) is 28.2 Å². The third-order valence-corrected chi connectivity index (χ3v) is 3.05. The number of carbonyl (C=O) groups is 1. The monoisotopic (exact) mass is 274 g/mol. The van der Waals surface area contributed by atoms with E-state index in [9.17, 15) is 4.79 Å². The average Bonchev–Trinajstić information content (AvgIpc) is 2.38. The molecule has 1 aromatic heterocycles. The molecule has 0 saturated carbocycles. The van der Waals surface area contributed by atoms with Gasteiger partial charge in [-0.1, -0.05) is 17.7 Å². The number of nitrogens with one attached hydrogen (secondary N) is 3. The van der Waals surface area contributed by atoms with Crippen LogP contribution in [0.2, 0.25) is 5.02 Å². The first-order valence-corrected chi connectivity index (χ1v) is 6.15. The van der Waals surface area contributed by atoms with E-state index in [2.05, 4.69) is 20.9 Å². The summed E-state index contributed by atoms with van der Waals surface area (Å²) in [5.41, 5.74) is 2.69. The van der Waals surface area contributed by atoms with Crippen molar-refractivity contribution in [1.82, 2.24) is 10.3 Å². The van der Waals surface area contributed by atoms with Crippen molar-refractivity contribution in [2.75, 3.05) is 10.6 Å². The number of rotatable bonds is 2. The molecule has 1 aliphatic heterocycles. The van der Waals surface area contributed by atoms with Gasteiger partial charge in [-0.15, -0.1) is 0 Å².